The maximum Gasteiger partial charge on any atom is 0.140 e. The maximum atomic E-state index is 8.94. The molecule has 0 unspecified atom stereocenters. The molecule has 1 aliphatic rings. The van der Waals surface area contributed by atoms with Crippen LogP contribution in [0.15, 0.2) is 42.6 Å². The quantitative estimate of drug-likeness (QED) is 0.854. The predicted octanol–water partition coefficient (Wildman–Crippen LogP) is 2.70. The molecule has 1 fully saturated rings. The Bertz CT molecular complexity index is 670. The Morgan fingerprint density at radius 2 is 1.95 bits per heavy atom. The molecule has 1 heterocycles. The van der Waals surface area contributed by atoms with Gasteiger partial charge in [0.25, 0.3) is 0 Å². The van der Waals surface area contributed by atoms with Crippen molar-refractivity contribution in [2.24, 2.45) is 0 Å². The molecule has 0 saturated heterocycles. The van der Waals surface area contributed by atoms with Crippen LogP contribution in [0.3, 0.4) is 0 Å². The lowest BCUT2D eigenvalue weighted by Crippen LogP contribution is -2.25. The number of hydrogen-bond acceptors (Lipinski definition) is 4. The van der Waals surface area contributed by atoms with E-state index >= 15 is 0 Å². The molecule has 106 valence electrons. The number of nitrogens with two attached hydrogens (primary N) is 1. The van der Waals surface area contributed by atoms with Gasteiger partial charge in [-0.3, -0.25) is 4.90 Å². The molecule has 2 aromatic rings. The normalized spacial score (nSPS) is 14.1. The van der Waals surface area contributed by atoms with Crippen LogP contribution in [-0.2, 0) is 13.1 Å². The molecule has 1 aromatic heterocycles. The van der Waals surface area contributed by atoms with Crippen LogP contribution in [-0.4, -0.2) is 15.9 Å². The van der Waals surface area contributed by atoms with E-state index in [1.165, 1.54) is 18.4 Å². The van der Waals surface area contributed by atoms with E-state index in [4.69, 9.17) is 11.0 Å². The average molecular weight is 278 g/mol. The summed E-state index contributed by atoms with van der Waals surface area (Å²) in [6, 6.07) is 14.6. The van der Waals surface area contributed by atoms with Gasteiger partial charge in [-0.1, -0.05) is 12.1 Å². The number of pyridine rings is 1. The van der Waals surface area contributed by atoms with Gasteiger partial charge in [-0.25, -0.2) is 4.98 Å². The Hall–Kier alpha value is -2.38. The zero-order valence-corrected chi connectivity index (χ0v) is 11.9. The summed E-state index contributed by atoms with van der Waals surface area (Å²) in [5, 5.41) is 8.94. The van der Waals surface area contributed by atoms with Gasteiger partial charge in [0, 0.05) is 31.0 Å². The van der Waals surface area contributed by atoms with Gasteiger partial charge in [0.2, 0.25) is 0 Å². The first-order valence-electron chi connectivity index (χ1n) is 7.18. The second kappa shape index (κ2) is 5.94. The highest BCUT2D eigenvalue weighted by atomic mass is 15.2. The minimum atomic E-state index is 0.479. The molecule has 0 aliphatic heterocycles. The van der Waals surface area contributed by atoms with Gasteiger partial charge in [0.1, 0.15) is 11.8 Å². The van der Waals surface area contributed by atoms with Gasteiger partial charge in [-0.05, 0) is 48.2 Å². The van der Waals surface area contributed by atoms with Crippen molar-refractivity contribution in [1.82, 2.24) is 9.88 Å². The highest BCUT2D eigenvalue weighted by Crippen LogP contribution is 2.30. The van der Waals surface area contributed by atoms with Crippen LogP contribution in [0.1, 0.15) is 29.7 Å². The average Bonchev–Trinajstić information content (AvgIpc) is 3.31. The number of nitrogens with zero attached hydrogens (tertiary/aromatic N) is 3. The number of nitriles is 1. The van der Waals surface area contributed by atoms with Crippen molar-refractivity contribution in [3.05, 3.63) is 59.4 Å². The van der Waals surface area contributed by atoms with E-state index < -0.39 is 0 Å². The van der Waals surface area contributed by atoms with Crippen molar-refractivity contribution in [1.29, 1.82) is 5.26 Å². The third kappa shape index (κ3) is 3.59. The smallest absolute Gasteiger partial charge is 0.140 e. The Balaban J connectivity index is 1.74. The SMILES string of the molecule is N#Cc1cc(CN(Cc2cccc(N)c2)C2CC2)ccn1. The van der Waals surface area contributed by atoms with Crippen LogP contribution in [0.2, 0.25) is 0 Å². The first kappa shape index (κ1) is 13.6. The van der Waals surface area contributed by atoms with Crippen molar-refractivity contribution in [2.45, 2.75) is 32.0 Å². The summed E-state index contributed by atoms with van der Waals surface area (Å²) < 4.78 is 0. The van der Waals surface area contributed by atoms with Crippen molar-refractivity contribution in [3.63, 3.8) is 0 Å². The third-order valence-corrected chi connectivity index (χ3v) is 3.72. The highest BCUT2D eigenvalue weighted by molar-refractivity contribution is 5.40. The zero-order valence-electron chi connectivity index (χ0n) is 11.9. The number of nitrogen functional groups attached to an aromatic ring is 1. The van der Waals surface area contributed by atoms with Gasteiger partial charge in [-0.2, -0.15) is 5.26 Å². The molecule has 3 rings (SSSR count). The second-order valence-corrected chi connectivity index (χ2v) is 5.54. The van der Waals surface area contributed by atoms with Gasteiger partial charge in [0.05, 0.1) is 0 Å². The summed E-state index contributed by atoms with van der Waals surface area (Å²) in [6.07, 6.45) is 4.20. The Morgan fingerprint density at radius 3 is 2.62 bits per heavy atom. The molecule has 0 spiro atoms. The summed E-state index contributed by atoms with van der Waals surface area (Å²) in [6.45, 7) is 1.73. The fourth-order valence-electron chi connectivity index (χ4n) is 2.55. The van der Waals surface area contributed by atoms with Crippen LogP contribution in [0.4, 0.5) is 5.69 Å². The molecule has 1 saturated carbocycles. The predicted molar refractivity (Wildman–Crippen MR) is 82.1 cm³/mol. The lowest BCUT2D eigenvalue weighted by molar-refractivity contribution is 0.245. The van der Waals surface area contributed by atoms with E-state index in [0.29, 0.717) is 11.7 Å². The monoisotopic (exact) mass is 278 g/mol. The zero-order chi connectivity index (χ0) is 14.7. The van der Waals surface area contributed by atoms with Crippen LogP contribution in [0.5, 0.6) is 0 Å². The number of hydrogen-bond donors (Lipinski definition) is 1. The summed E-state index contributed by atoms with van der Waals surface area (Å²) >= 11 is 0. The van der Waals surface area contributed by atoms with Crippen molar-refractivity contribution in [2.75, 3.05) is 5.73 Å². The van der Waals surface area contributed by atoms with Crippen LogP contribution < -0.4 is 5.73 Å². The molecule has 1 aliphatic carbocycles. The minimum Gasteiger partial charge on any atom is -0.399 e. The molecule has 0 radical (unpaired) electrons. The molecular weight excluding hydrogens is 260 g/mol. The molecule has 4 nitrogen and oxygen atoms in total. The maximum absolute atomic E-state index is 8.94. The summed E-state index contributed by atoms with van der Waals surface area (Å²) in [5.74, 6) is 0. The number of anilines is 1. The second-order valence-electron chi connectivity index (χ2n) is 5.54. The topological polar surface area (TPSA) is 65.9 Å². The lowest BCUT2D eigenvalue weighted by atomic mass is 10.1. The first-order valence-corrected chi connectivity index (χ1v) is 7.18. The molecule has 4 heteroatoms. The van der Waals surface area contributed by atoms with Gasteiger partial charge >= 0.3 is 0 Å². The Kier molecular flexibility index (Phi) is 3.85. The van der Waals surface area contributed by atoms with E-state index in [1.807, 2.05) is 30.3 Å². The standard InChI is InChI=1S/C17H18N4/c18-10-16-9-14(6-7-20-16)12-21(17-4-5-17)11-13-2-1-3-15(19)8-13/h1-3,6-9,17H,4-5,11-12,19H2. The summed E-state index contributed by atoms with van der Waals surface area (Å²) in [4.78, 5) is 6.47. The van der Waals surface area contributed by atoms with Crippen molar-refractivity contribution < 1.29 is 0 Å². The molecule has 1 aromatic carbocycles. The van der Waals surface area contributed by atoms with Crippen molar-refractivity contribution in [3.8, 4) is 6.07 Å². The largest absolute Gasteiger partial charge is 0.399 e. The van der Waals surface area contributed by atoms with Gasteiger partial charge in [-0.15, -0.1) is 0 Å². The Morgan fingerprint density at radius 1 is 1.19 bits per heavy atom. The van der Waals surface area contributed by atoms with E-state index in [9.17, 15) is 0 Å². The van der Waals surface area contributed by atoms with Crippen molar-refractivity contribution >= 4 is 5.69 Å². The summed E-state index contributed by atoms with van der Waals surface area (Å²) in [5.41, 5.74) is 9.51. The fraction of sp³-hybridized carbons (Fsp3) is 0.294. The van der Waals surface area contributed by atoms with E-state index in [0.717, 1.165) is 24.3 Å². The molecule has 2 N–H and O–H groups in total. The van der Waals surface area contributed by atoms with E-state index in [1.54, 1.807) is 6.20 Å². The number of rotatable bonds is 5. The van der Waals surface area contributed by atoms with Crippen LogP contribution in [0.25, 0.3) is 0 Å². The molecule has 0 bridgehead atoms. The highest BCUT2D eigenvalue weighted by Gasteiger charge is 2.29. The summed E-state index contributed by atoms with van der Waals surface area (Å²) in [7, 11) is 0. The van der Waals surface area contributed by atoms with Gasteiger partial charge < -0.3 is 5.73 Å². The molecule has 0 amide bonds. The Labute approximate surface area is 124 Å². The molecular formula is C17H18N4. The minimum absolute atomic E-state index is 0.479. The first-order chi connectivity index (χ1) is 10.2. The molecule has 21 heavy (non-hydrogen) atoms. The number of aromatic nitrogens is 1. The molecule has 0 atom stereocenters. The third-order valence-electron chi connectivity index (χ3n) is 3.72. The van der Waals surface area contributed by atoms with Crippen LogP contribution >= 0.6 is 0 Å². The lowest BCUT2D eigenvalue weighted by Gasteiger charge is -2.22. The fourth-order valence-corrected chi connectivity index (χ4v) is 2.55. The van der Waals surface area contributed by atoms with E-state index in [2.05, 4.69) is 22.0 Å². The van der Waals surface area contributed by atoms with Crippen LogP contribution in [0, 0.1) is 11.3 Å². The number of benzene rings is 1. The van der Waals surface area contributed by atoms with Gasteiger partial charge in [0.15, 0.2) is 0 Å². The van der Waals surface area contributed by atoms with E-state index in [-0.39, 0.29) is 0 Å².